The molecule has 1 aromatic carbocycles. The predicted octanol–water partition coefficient (Wildman–Crippen LogP) is 3.77. The van der Waals surface area contributed by atoms with E-state index >= 15 is 0 Å². The summed E-state index contributed by atoms with van der Waals surface area (Å²) < 4.78 is 7.80. The van der Waals surface area contributed by atoms with Crippen LogP contribution in [0.2, 0.25) is 0 Å². The Hall–Kier alpha value is -3.22. The molecule has 2 aromatic heterocycles. The molecule has 0 spiro atoms. The largest absolute Gasteiger partial charge is 0.490 e. The normalized spacial score (nSPS) is 19.1. The first kappa shape index (κ1) is 17.8. The monoisotopic (exact) mass is 389 g/mol. The van der Waals surface area contributed by atoms with Crippen molar-refractivity contribution in [2.75, 3.05) is 5.32 Å². The van der Waals surface area contributed by atoms with Gasteiger partial charge in [0.25, 0.3) is 5.95 Å². The number of benzene rings is 1. The second kappa shape index (κ2) is 7.31. The number of hydrogen-bond acceptors (Lipinski definition) is 5. The Labute approximate surface area is 169 Å². The second-order valence-electron chi connectivity index (χ2n) is 7.71. The fourth-order valence-electron chi connectivity index (χ4n) is 4.38. The first-order chi connectivity index (χ1) is 14.2. The predicted molar refractivity (Wildman–Crippen MR) is 108 cm³/mol. The molecule has 1 atom stereocenters. The summed E-state index contributed by atoms with van der Waals surface area (Å²) in [4.78, 5) is 21.1. The number of hydrogen-bond donors (Lipinski definition) is 1. The lowest BCUT2D eigenvalue weighted by Crippen LogP contribution is -2.25. The van der Waals surface area contributed by atoms with Crippen LogP contribution in [0.3, 0.4) is 0 Å². The lowest BCUT2D eigenvalue weighted by atomic mass is 9.86. The van der Waals surface area contributed by atoms with Crippen LogP contribution < -0.4 is 10.1 Å². The number of ether oxygens (including phenoxy) is 1. The number of carbonyl (C=O) groups excluding carboxylic acids is 1. The molecule has 1 saturated carbocycles. The van der Waals surface area contributed by atoms with Crippen LogP contribution in [0.15, 0.2) is 42.7 Å². The summed E-state index contributed by atoms with van der Waals surface area (Å²) in [6, 6.07) is 9.89. The van der Waals surface area contributed by atoms with Gasteiger partial charge >= 0.3 is 0 Å². The van der Waals surface area contributed by atoms with E-state index in [4.69, 9.17) is 4.74 Å². The number of nitrogens with one attached hydrogen (secondary N) is 1. The van der Waals surface area contributed by atoms with Crippen LogP contribution >= 0.6 is 0 Å². The van der Waals surface area contributed by atoms with Crippen molar-refractivity contribution in [3.63, 3.8) is 0 Å². The average Bonchev–Trinajstić information content (AvgIpc) is 3.36. The smallest absolute Gasteiger partial charge is 0.252 e. The first-order valence-corrected chi connectivity index (χ1v) is 10.1. The highest BCUT2D eigenvalue weighted by atomic mass is 16.5. The van der Waals surface area contributed by atoms with Crippen LogP contribution in [0.4, 0.5) is 5.82 Å². The van der Waals surface area contributed by atoms with Crippen molar-refractivity contribution in [1.29, 1.82) is 0 Å². The number of nitrogens with zero attached hydrogens (tertiary/aromatic N) is 4. The van der Waals surface area contributed by atoms with Crippen molar-refractivity contribution in [2.45, 2.75) is 51.0 Å². The molecule has 1 aliphatic carbocycles. The molecule has 0 radical (unpaired) electrons. The van der Waals surface area contributed by atoms with Crippen LogP contribution in [0.25, 0.3) is 5.95 Å². The van der Waals surface area contributed by atoms with Gasteiger partial charge in [0, 0.05) is 30.3 Å². The lowest BCUT2D eigenvalue weighted by Gasteiger charge is -2.24. The Bertz CT molecular complexity index is 1040. The Morgan fingerprint density at radius 2 is 1.93 bits per heavy atom. The number of carbonyl (C=O) groups is 1. The van der Waals surface area contributed by atoms with Gasteiger partial charge in [-0.1, -0.05) is 12.1 Å². The molecule has 3 aromatic rings. The van der Waals surface area contributed by atoms with E-state index in [0.717, 1.165) is 35.4 Å². The van der Waals surface area contributed by atoms with Gasteiger partial charge in [-0.25, -0.2) is 9.97 Å². The second-order valence-corrected chi connectivity index (χ2v) is 7.71. The molecule has 2 aliphatic rings. The molecule has 148 valence electrons. The zero-order chi connectivity index (χ0) is 19.8. The molecule has 7 heteroatoms. The SMILES string of the molecule is Cc1nn(-c2ncccn2)c2c1C(c1cccc(OC3CCCC3)c1)CC(=O)N2. The summed E-state index contributed by atoms with van der Waals surface area (Å²) in [6.45, 7) is 1.96. The van der Waals surface area contributed by atoms with Gasteiger partial charge < -0.3 is 10.1 Å². The Balaban J connectivity index is 1.53. The number of rotatable bonds is 4. The molecule has 3 heterocycles. The third-order valence-electron chi connectivity index (χ3n) is 5.71. The molecule has 0 saturated heterocycles. The highest BCUT2D eigenvalue weighted by Gasteiger charge is 2.33. The highest BCUT2D eigenvalue weighted by Crippen LogP contribution is 2.40. The highest BCUT2D eigenvalue weighted by molar-refractivity contribution is 5.95. The number of anilines is 1. The van der Waals surface area contributed by atoms with Crippen LogP contribution in [-0.2, 0) is 4.79 Å². The van der Waals surface area contributed by atoms with Gasteiger partial charge in [-0.05, 0) is 56.4 Å². The summed E-state index contributed by atoms with van der Waals surface area (Å²) in [5, 5.41) is 7.60. The average molecular weight is 389 g/mol. The minimum Gasteiger partial charge on any atom is -0.490 e. The van der Waals surface area contributed by atoms with E-state index in [9.17, 15) is 4.79 Å². The van der Waals surface area contributed by atoms with Gasteiger partial charge in [-0.15, -0.1) is 0 Å². The summed E-state index contributed by atoms with van der Waals surface area (Å²) in [7, 11) is 0. The topological polar surface area (TPSA) is 81.9 Å². The van der Waals surface area contributed by atoms with Crippen LogP contribution in [0, 0.1) is 6.92 Å². The van der Waals surface area contributed by atoms with E-state index in [0.29, 0.717) is 24.3 Å². The zero-order valence-electron chi connectivity index (χ0n) is 16.3. The Morgan fingerprint density at radius 1 is 1.14 bits per heavy atom. The number of aromatic nitrogens is 4. The van der Waals surface area contributed by atoms with Crippen molar-refractivity contribution in [3.05, 3.63) is 59.5 Å². The van der Waals surface area contributed by atoms with Crippen molar-refractivity contribution >= 4 is 11.7 Å². The molecule has 1 aliphatic heterocycles. The third kappa shape index (κ3) is 3.37. The van der Waals surface area contributed by atoms with Gasteiger partial charge in [0.05, 0.1) is 11.8 Å². The fraction of sp³-hybridized carbons (Fsp3) is 0.364. The molecule has 29 heavy (non-hydrogen) atoms. The molecule has 1 amide bonds. The quantitative estimate of drug-likeness (QED) is 0.735. The lowest BCUT2D eigenvalue weighted by molar-refractivity contribution is -0.116. The van der Waals surface area contributed by atoms with Crippen molar-refractivity contribution in [2.24, 2.45) is 0 Å². The summed E-state index contributed by atoms with van der Waals surface area (Å²) in [6.07, 6.45) is 8.70. The maximum absolute atomic E-state index is 12.5. The molecule has 1 unspecified atom stereocenters. The summed E-state index contributed by atoms with van der Waals surface area (Å²) in [5.74, 6) is 1.84. The van der Waals surface area contributed by atoms with E-state index in [1.165, 1.54) is 12.8 Å². The Morgan fingerprint density at radius 3 is 2.72 bits per heavy atom. The maximum atomic E-state index is 12.5. The van der Waals surface area contributed by atoms with Crippen molar-refractivity contribution in [3.8, 4) is 11.7 Å². The van der Waals surface area contributed by atoms with Crippen LogP contribution in [-0.4, -0.2) is 31.8 Å². The molecular weight excluding hydrogens is 366 g/mol. The molecule has 1 N–H and O–H groups in total. The van der Waals surface area contributed by atoms with E-state index in [-0.39, 0.29) is 11.8 Å². The van der Waals surface area contributed by atoms with E-state index in [1.54, 1.807) is 23.1 Å². The van der Waals surface area contributed by atoms with Gasteiger partial charge in [0.1, 0.15) is 11.6 Å². The Kier molecular flexibility index (Phi) is 4.50. The number of amides is 1. The summed E-state index contributed by atoms with van der Waals surface area (Å²) >= 11 is 0. The van der Waals surface area contributed by atoms with Crippen molar-refractivity contribution in [1.82, 2.24) is 19.7 Å². The van der Waals surface area contributed by atoms with E-state index in [2.05, 4.69) is 32.5 Å². The molecule has 1 fully saturated rings. The molecule has 7 nitrogen and oxygen atoms in total. The summed E-state index contributed by atoms with van der Waals surface area (Å²) in [5.41, 5.74) is 2.93. The van der Waals surface area contributed by atoms with Crippen LogP contribution in [0.1, 0.15) is 54.8 Å². The molecule has 5 rings (SSSR count). The standard InChI is InChI=1S/C22H23N5O2/c1-14-20-18(15-6-4-9-17(12-15)29-16-7-2-3-8-16)13-19(28)25-21(20)27(26-14)22-23-10-5-11-24-22/h4-6,9-12,16,18H,2-3,7-8,13H2,1H3,(H,25,28). The van der Waals surface area contributed by atoms with Crippen molar-refractivity contribution < 1.29 is 9.53 Å². The fourth-order valence-corrected chi connectivity index (χ4v) is 4.38. The van der Waals surface area contributed by atoms with Gasteiger partial charge in [0.2, 0.25) is 5.91 Å². The van der Waals surface area contributed by atoms with Crippen LogP contribution in [0.5, 0.6) is 5.75 Å². The maximum Gasteiger partial charge on any atom is 0.252 e. The molecular formula is C22H23N5O2. The molecule has 0 bridgehead atoms. The van der Waals surface area contributed by atoms with Gasteiger partial charge in [0.15, 0.2) is 0 Å². The van der Waals surface area contributed by atoms with E-state index < -0.39 is 0 Å². The minimum atomic E-state index is -0.0802. The number of aryl methyl sites for hydroxylation is 1. The van der Waals surface area contributed by atoms with E-state index in [1.807, 2.05) is 19.1 Å². The zero-order valence-corrected chi connectivity index (χ0v) is 16.3. The number of fused-ring (bicyclic) bond motifs is 1. The third-order valence-corrected chi connectivity index (χ3v) is 5.71. The minimum absolute atomic E-state index is 0.0401. The first-order valence-electron chi connectivity index (χ1n) is 10.1. The van der Waals surface area contributed by atoms with Gasteiger partial charge in [-0.3, -0.25) is 4.79 Å². The van der Waals surface area contributed by atoms with Gasteiger partial charge in [-0.2, -0.15) is 9.78 Å².